The number of esters is 1. The number of ether oxygens (including phenoxy) is 1. The van der Waals surface area contributed by atoms with E-state index in [0.717, 1.165) is 11.3 Å². The number of aromatic nitrogens is 1. The summed E-state index contributed by atoms with van der Waals surface area (Å²) in [7, 11) is 0. The molecular formula is C14H13FN2O3S. The number of rotatable bonds is 4. The molecule has 2 aromatic rings. The maximum Gasteiger partial charge on any atom is 0.367 e. The van der Waals surface area contributed by atoms with E-state index in [9.17, 15) is 14.0 Å². The Morgan fingerprint density at radius 2 is 2.19 bits per heavy atom. The summed E-state index contributed by atoms with van der Waals surface area (Å²) in [5, 5.41) is 4.13. The van der Waals surface area contributed by atoms with Crippen LogP contribution in [0.2, 0.25) is 0 Å². The molecule has 1 N–H and O–H groups in total. The van der Waals surface area contributed by atoms with Crippen LogP contribution < -0.4 is 5.32 Å². The molecule has 0 fully saturated rings. The van der Waals surface area contributed by atoms with Crippen LogP contribution in [0.5, 0.6) is 0 Å². The van der Waals surface area contributed by atoms with Crippen molar-refractivity contribution in [3.05, 3.63) is 45.7 Å². The van der Waals surface area contributed by atoms with Gasteiger partial charge in [0.2, 0.25) is 5.01 Å². The molecule has 0 aliphatic rings. The van der Waals surface area contributed by atoms with Crippen molar-refractivity contribution in [3.8, 4) is 0 Å². The highest BCUT2D eigenvalue weighted by Crippen LogP contribution is 2.19. The lowest BCUT2D eigenvalue weighted by Gasteiger charge is -2.07. The van der Waals surface area contributed by atoms with Crippen molar-refractivity contribution in [3.63, 3.8) is 0 Å². The fourth-order valence-corrected chi connectivity index (χ4v) is 2.28. The van der Waals surface area contributed by atoms with E-state index >= 15 is 0 Å². The first-order valence-electron chi connectivity index (χ1n) is 6.22. The normalized spacial score (nSPS) is 10.2. The third-order valence-electron chi connectivity index (χ3n) is 2.70. The summed E-state index contributed by atoms with van der Waals surface area (Å²) >= 11 is 1.02. The number of nitrogens with one attached hydrogen (secondary N) is 1. The van der Waals surface area contributed by atoms with E-state index in [0.29, 0.717) is 11.3 Å². The molecule has 0 unspecified atom stereocenters. The number of anilines is 1. The van der Waals surface area contributed by atoms with Gasteiger partial charge in [-0.25, -0.2) is 14.2 Å². The third-order valence-corrected chi connectivity index (χ3v) is 3.53. The summed E-state index contributed by atoms with van der Waals surface area (Å²) < 4.78 is 18.2. The molecule has 0 saturated heterocycles. The van der Waals surface area contributed by atoms with E-state index in [1.54, 1.807) is 19.9 Å². The molecule has 1 aromatic heterocycles. The van der Waals surface area contributed by atoms with Crippen molar-refractivity contribution < 1.29 is 18.7 Å². The number of hydrogen-bond donors (Lipinski definition) is 1. The minimum absolute atomic E-state index is 0.0896. The number of carbonyl (C=O) groups excluding carboxylic acids is 2. The molecule has 0 atom stereocenters. The second-order valence-corrected chi connectivity index (χ2v) is 4.98. The standard InChI is InChI=1S/C14H13FN2O3S/c1-3-20-14(19)13-17-11(7-21-13)12(18)16-10-6-4-5-9(15)8(10)2/h4-7H,3H2,1-2H3,(H,16,18). The molecular weight excluding hydrogens is 295 g/mol. The lowest BCUT2D eigenvalue weighted by atomic mass is 10.2. The van der Waals surface area contributed by atoms with Crippen molar-refractivity contribution in [2.45, 2.75) is 13.8 Å². The minimum atomic E-state index is -0.566. The molecule has 0 spiro atoms. The number of benzene rings is 1. The zero-order valence-corrected chi connectivity index (χ0v) is 12.3. The predicted octanol–water partition coefficient (Wildman–Crippen LogP) is 3.02. The van der Waals surface area contributed by atoms with E-state index in [-0.39, 0.29) is 17.3 Å². The maximum absolute atomic E-state index is 13.4. The summed E-state index contributed by atoms with van der Waals surface area (Å²) in [6.45, 7) is 3.49. The number of hydrogen-bond acceptors (Lipinski definition) is 5. The van der Waals surface area contributed by atoms with Crippen molar-refractivity contribution in [1.82, 2.24) is 4.98 Å². The van der Waals surface area contributed by atoms with Gasteiger partial charge in [-0.05, 0) is 26.0 Å². The molecule has 0 aliphatic heterocycles. The topological polar surface area (TPSA) is 68.3 Å². The van der Waals surface area contributed by atoms with Crippen LogP contribution in [-0.2, 0) is 4.74 Å². The SMILES string of the molecule is CCOC(=O)c1nc(C(=O)Nc2cccc(F)c2C)cs1. The van der Waals surface area contributed by atoms with Crippen LogP contribution in [0.4, 0.5) is 10.1 Å². The molecule has 0 radical (unpaired) electrons. The molecule has 1 aromatic carbocycles. The number of thiazole rings is 1. The minimum Gasteiger partial charge on any atom is -0.461 e. The average molecular weight is 308 g/mol. The number of nitrogens with zero attached hydrogens (tertiary/aromatic N) is 1. The number of carbonyl (C=O) groups is 2. The smallest absolute Gasteiger partial charge is 0.367 e. The third kappa shape index (κ3) is 3.43. The first kappa shape index (κ1) is 15.1. The fourth-order valence-electron chi connectivity index (χ4n) is 1.59. The van der Waals surface area contributed by atoms with Crippen molar-refractivity contribution >= 4 is 28.9 Å². The predicted molar refractivity (Wildman–Crippen MR) is 77.2 cm³/mol. The van der Waals surface area contributed by atoms with Gasteiger partial charge in [0.1, 0.15) is 11.5 Å². The number of halogens is 1. The lowest BCUT2D eigenvalue weighted by molar-refractivity contribution is 0.0526. The summed E-state index contributed by atoms with van der Waals surface area (Å²) in [4.78, 5) is 27.4. The molecule has 5 nitrogen and oxygen atoms in total. The van der Waals surface area contributed by atoms with Crippen LogP contribution in [0.15, 0.2) is 23.6 Å². The Morgan fingerprint density at radius 1 is 1.43 bits per heavy atom. The Balaban J connectivity index is 2.14. The van der Waals surface area contributed by atoms with E-state index in [2.05, 4.69) is 10.3 Å². The van der Waals surface area contributed by atoms with E-state index < -0.39 is 17.7 Å². The van der Waals surface area contributed by atoms with Gasteiger partial charge >= 0.3 is 5.97 Å². The van der Waals surface area contributed by atoms with Crippen LogP contribution >= 0.6 is 11.3 Å². The summed E-state index contributed by atoms with van der Waals surface area (Å²) in [6, 6.07) is 4.41. The average Bonchev–Trinajstić information content (AvgIpc) is 2.94. The zero-order chi connectivity index (χ0) is 15.4. The van der Waals surface area contributed by atoms with Crippen LogP contribution in [0, 0.1) is 12.7 Å². The first-order chi connectivity index (χ1) is 10.0. The Hall–Kier alpha value is -2.28. The Bertz CT molecular complexity index is 685. The molecule has 7 heteroatoms. The van der Waals surface area contributed by atoms with E-state index in [4.69, 9.17) is 4.74 Å². The second-order valence-electron chi connectivity index (χ2n) is 4.12. The molecule has 110 valence electrons. The van der Waals surface area contributed by atoms with Crippen molar-refractivity contribution in [2.75, 3.05) is 11.9 Å². The Kier molecular flexibility index (Phi) is 4.64. The summed E-state index contributed by atoms with van der Waals surface area (Å²) in [5.41, 5.74) is 0.795. The van der Waals surface area contributed by atoms with Gasteiger partial charge < -0.3 is 10.1 Å². The van der Waals surface area contributed by atoms with Crippen LogP contribution in [-0.4, -0.2) is 23.5 Å². The quantitative estimate of drug-likeness (QED) is 0.882. The summed E-state index contributed by atoms with van der Waals surface area (Å²) in [6.07, 6.45) is 0. The molecule has 2 rings (SSSR count). The first-order valence-corrected chi connectivity index (χ1v) is 7.10. The lowest BCUT2D eigenvalue weighted by Crippen LogP contribution is -2.14. The highest BCUT2D eigenvalue weighted by molar-refractivity contribution is 7.11. The van der Waals surface area contributed by atoms with Crippen LogP contribution in [0.1, 0.15) is 32.8 Å². The van der Waals surface area contributed by atoms with Gasteiger partial charge in [-0.2, -0.15) is 0 Å². The largest absolute Gasteiger partial charge is 0.461 e. The van der Waals surface area contributed by atoms with Gasteiger partial charge in [-0.3, -0.25) is 4.79 Å². The van der Waals surface area contributed by atoms with Gasteiger partial charge in [-0.1, -0.05) is 6.07 Å². The Labute approximate surface area is 124 Å². The molecule has 21 heavy (non-hydrogen) atoms. The van der Waals surface area contributed by atoms with Crippen LogP contribution in [0.3, 0.4) is 0 Å². The molecule has 0 aliphatic carbocycles. The van der Waals surface area contributed by atoms with Crippen LogP contribution in [0.25, 0.3) is 0 Å². The summed E-state index contributed by atoms with van der Waals surface area (Å²) in [5.74, 6) is -1.47. The van der Waals surface area contributed by atoms with Crippen molar-refractivity contribution in [1.29, 1.82) is 0 Å². The molecule has 0 bridgehead atoms. The van der Waals surface area contributed by atoms with E-state index in [1.807, 2.05) is 0 Å². The second kappa shape index (κ2) is 6.45. The molecule has 1 heterocycles. The number of amides is 1. The van der Waals surface area contributed by atoms with Gasteiger partial charge in [0, 0.05) is 16.6 Å². The Morgan fingerprint density at radius 3 is 2.90 bits per heavy atom. The monoisotopic (exact) mass is 308 g/mol. The fraction of sp³-hybridized carbons (Fsp3) is 0.214. The van der Waals surface area contributed by atoms with Gasteiger partial charge in [0.25, 0.3) is 5.91 Å². The van der Waals surface area contributed by atoms with E-state index in [1.165, 1.54) is 17.5 Å². The van der Waals surface area contributed by atoms with Gasteiger partial charge in [0.05, 0.1) is 6.61 Å². The van der Waals surface area contributed by atoms with Crippen molar-refractivity contribution in [2.24, 2.45) is 0 Å². The maximum atomic E-state index is 13.4. The molecule has 0 saturated carbocycles. The zero-order valence-electron chi connectivity index (χ0n) is 11.5. The highest BCUT2D eigenvalue weighted by atomic mass is 32.1. The molecule has 1 amide bonds. The van der Waals surface area contributed by atoms with Gasteiger partial charge in [-0.15, -0.1) is 11.3 Å². The van der Waals surface area contributed by atoms with Gasteiger partial charge in [0.15, 0.2) is 0 Å². The highest BCUT2D eigenvalue weighted by Gasteiger charge is 2.17.